The Labute approximate surface area is 143 Å². The van der Waals surface area contributed by atoms with Crippen molar-refractivity contribution in [3.63, 3.8) is 0 Å². The molecule has 2 aliphatic heterocycles. The van der Waals surface area contributed by atoms with Gasteiger partial charge in [-0.2, -0.15) is 0 Å². The third-order valence-electron chi connectivity index (χ3n) is 4.65. The summed E-state index contributed by atoms with van der Waals surface area (Å²) in [5.41, 5.74) is 0.857. The summed E-state index contributed by atoms with van der Waals surface area (Å²) in [6, 6.07) is 6.27. The van der Waals surface area contributed by atoms with Crippen LogP contribution in [0.15, 0.2) is 24.3 Å². The molecule has 4 nitrogen and oxygen atoms in total. The van der Waals surface area contributed by atoms with Crippen LogP contribution in [0, 0.1) is 17.7 Å². The van der Waals surface area contributed by atoms with E-state index in [2.05, 4.69) is 6.92 Å². The first-order valence-electron chi connectivity index (χ1n) is 8.96. The SMILES string of the molecule is CCCC1COC(CCC2COC(c3ccc(F)cc3)OC2)OC1. The Morgan fingerprint density at radius 1 is 0.833 bits per heavy atom. The van der Waals surface area contributed by atoms with Gasteiger partial charge >= 0.3 is 0 Å². The standard InChI is InChI=1S/C19H27FO4/c1-2-3-14-10-21-18(22-11-14)9-4-15-12-23-19(24-13-15)16-5-7-17(20)8-6-16/h5-8,14-15,18-19H,2-4,9-13H2,1H3. The second-order valence-corrected chi connectivity index (χ2v) is 6.74. The molecule has 3 rings (SSSR count). The second-order valence-electron chi connectivity index (χ2n) is 6.74. The highest BCUT2D eigenvalue weighted by Crippen LogP contribution is 2.28. The smallest absolute Gasteiger partial charge is 0.183 e. The Bertz CT molecular complexity index is 477. The van der Waals surface area contributed by atoms with E-state index in [0.717, 1.165) is 31.6 Å². The topological polar surface area (TPSA) is 36.9 Å². The number of halogens is 1. The molecule has 0 unspecified atom stereocenters. The maximum atomic E-state index is 13.0. The maximum Gasteiger partial charge on any atom is 0.183 e. The zero-order valence-corrected chi connectivity index (χ0v) is 14.3. The van der Waals surface area contributed by atoms with Crippen molar-refractivity contribution in [2.45, 2.75) is 45.2 Å². The maximum absolute atomic E-state index is 13.0. The van der Waals surface area contributed by atoms with Gasteiger partial charge in [0.25, 0.3) is 0 Å². The Kier molecular flexibility index (Phi) is 6.60. The van der Waals surface area contributed by atoms with Gasteiger partial charge in [-0.1, -0.05) is 25.5 Å². The molecule has 0 saturated carbocycles. The van der Waals surface area contributed by atoms with Crippen LogP contribution in [0.3, 0.4) is 0 Å². The molecule has 1 aromatic rings. The third kappa shape index (κ3) is 4.99. The van der Waals surface area contributed by atoms with E-state index in [9.17, 15) is 4.39 Å². The first kappa shape index (κ1) is 17.8. The lowest BCUT2D eigenvalue weighted by Crippen LogP contribution is -2.33. The summed E-state index contributed by atoms with van der Waals surface area (Å²) < 4.78 is 36.1. The molecule has 24 heavy (non-hydrogen) atoms. The third-order valence-corrected chi connectivity index (χ3v) is 4.65. The predicted octanol–water partition coefficient (Wildman–Crippen LogP) is 4.06. The number of benzene rings is 1. The van der Waals surface area contributed by atoms with Crippen molar-refractivity contribution < 1.29 is 23.3 Å². The molecular weight excluding hydrogens is 311 g/mol. The lowest BCUT2D eigenvalue weighted by molar-refractivity contribution is -0.220. The minimum Gasteiger partial charge on any atom is -0.352 e. The molecule has 1 aromatic carbocycles. The highest BCUT2D eigenvalue weighted by molar-refractivity contribution is 5.17. The fraction of sp³-hybridized carbons (Fsp3) is 0.684. The summed E-state index contributed by atoms with van der Waals surface area (Å²) in [5.74, 6) is 0.646. The molecule has 0 aromatic heterocycles. The molecule has 0 radical (unpaired) electrons. The number of hydrogen-bond donors (Lipinski definition) is 0. The van der Waals surface area contributed by atoms with Crippen LogP contribution in [0.4, 0.5) is 4.39 Å². The van der Waals surface area contributed by atoms with Gasteiger partial charge in [0.1, 0.15) is 5.82 Å². The van der Waals surface area contributed by atoms with Crippen molar-refractivity contribution in [3.8, 4) is 0 Å². The van der Waals surface area contributed by atoms with Gasteiger partial charge in [-0.05, 0) is 31.4 Å². The lowest BCUT2D eigenvalue weighted by atomic mass is 10.0. The van der Waals surface area contributed by atoms with Crippen LogP contribution < -0.4 is 0 Å². The fourth-order valence-corrected chi connectivity index (χ4v) is 3.22. The molecule has 2 aliphatic rings. The van der Waals surface area contributed by atoms with Gasteiger partial charge in [-0.15, -0.1) is 0 Å². The highest BCUT2D eigenvalue weighted by Gasteiger charge is 2.26. The van der Waals surface area contributed by atoms with Gasteiger partial charge in [-0.3, -0.25) is 0 Å². The van der Waals surface area contributed by atoms with Crippen LogP contribution in [0.2, 0.25) is 0 Å². The average Bonchev–Trinajstić information content (AvgIpc) is 2.63. The van der Waals surface area contributed by atoms with Crippen molar-refractivity contribution in [1.82, 2.24) is 0 Å². The molecule has 0 amide bonds. The first-order valence-corrected chi connectivity index (χ1v) is 8.96. The summed E-state index contributed by atoms with van der Waals surface area (Å²) in [6.45, 7) is 5.10. The molecule has 5 heteroatoms. The zero-order valence-electron chi connectivity index (χ0n) is 14.3. The van der Waals surface area contributed by atoms with Crippen molar-refractivity contribution in [2.75, 3.05) is 26.4 Å². The molecule has 0 N–H and O–H groups in total. The lowest BCUT2D eigenvalue weighted by Gasteiger charge is -2.32. The molecule has 2 fully saturated rings. The average molecular weight is 338 g/mol. The van der Waals surface area contributed by atoms with E-state index in [4.69, 9.17) is 18.9 Å². The fourth-order valence-electron chi connectivity index (χ4n) is 3.22. The van der Waals surface area contributed by atoms with Crippen LogP contribution in [0.25, 0.3) is 0 Å². The van der Waals surface area contributed by atoms with Crippen LogP contribution in [-0.4, -0.2) is 32.7 Å². The second kappa shape index (κ2) is 8.90. The van der Waals surface area contributed by atoms with Gasteiger partial charge in [-0.25, -0.2) is 4.39 Å². The van der Waals surface area contributed by atoms with E-state index in [1.54, 1.807) is 12.1 Å². The van der Waals surface area contributed by atoms with Gasteiger partial charge in [0.15, 0.2) is 12.6 Å². The first-order chi connectivity index (χ1) is 11.7. The largest absolute Gasteiger partial charge is 0.352 e. The van der Waals surface area contributed by atoms with E-state index < -0.39 is 0 Å². The Balaban J connectivity index is 1.35. The van der Waals surface area contributed by atoms with E-state index >= 15 is 0 Å². The Morgan fingerprint density at radius 3 is 2.04 bits per heavy atom. The quantitative estimate of drug-likeness (QED) is 0.784. The van der Waals surface area contributed by atoms with E-state index in [0.29, 0.717) is 25.0 Å². The van der Waals surface area contributed by atoms with E-state index in [1.807, 2.05) is 0 Å². The normalized spacial score (nSPS) is 31.1. The monoisotopic (exact) mass is 338 g/mol. The van der Waals surface area contributed by atoms with Crippen molar-refractivity contribution in [3.05, 3.63) is 35.6 Å². The van der Waals surface area contributed by atoms with Gasteiger partial charge in [0.2, 0.25) is 0 Å². The van der Waals surface area contributed by atoms with Gasteiger partial charge in [0.05, 0.1) is 26.4 Å². The van der Waals surface area contributed by atoms with Crippen LogP contribution in [0.5, 0.6) is 0 Å². The molecule has 2 saturated heterocycles. The Hall–Kier alpha value is -1.01. The van der Waals surface area contributed by atoms with E-state index in [1.165, 1.54) is 25.0 Å². The summed E-state index contributed by atoms with van der Waals surface area (Å²) in [4.78, 5) is 0. The molecule has 0 atom stereocenters. The van der Waals surface area contributed by atoms with Crippen molar-refractivity contribution >= 4 is 0 Å². The minimum absolute atomic E-state index is 0.0899. The van der Waals surface area contributed by atoms with Gasteiger partial charge in [0, 0.05) is 17.4 Å². The summed E-state index contributed by atoms with van der Waals surface area (Å²) in [7, 11) is 0. The highest BCUT2D eigenvalue weighted by atomic mass is 19.1. The predicted molar refractivity (Wildman–Crippen MR) is 87.9 cm³/mol. The molecule has 134 valence electrons. The number of ether oxygens (including phenoxy) is 4. The van der Waals surface area contributed by atoms with E-state index in [-0.39, 0.29) is 18.4 Å². The van der Waals surface area contributed by atoms with Crippen molar-refractivity contribution in [1.29, 1.82) is 0 Å². The number of rotatable bonds is 6. The van der Waals surface area contributed by atoms with Crippen molar-refractivity contribution in [2.24, 2.45) is 11.8 Å². The molecule has 2 heterocycles. The number of hydrogen-bond acceptors (Lipinski definition) is 4. The van der Waals surface area contributed by atoms with Gasteiger partial charge < -0.3 is 18.9 Å². The minimum atomic E-state index is -0.390. The Morgan fingerprint density at radius 2 is 1.42 bits per heavy atom. The van der Waals surface area contributed by atoms with Crippen LogP contribution in [-0.2, 0) is 18.9 Å². The summed E-state index contributed by atoms with van der Waals surface area (Å²) in [5, 5.41) is 0. The molecule has 0 aliphatic carbocycles. The zero-order chi connectivity index (χ0) is 16.8. The summed E-state index contributed by atoms with van der Waals surface area (Å²) >= 11 is 0. The molecule has 0 spiro atoms. The molecular formula is C19H27FO4. The summed E-state index contributed by atoms with van der Waals surface area (Å²) in [6.07, 6.45) is 3.69. The molecule has 0 bridgehead atoms. The van der Waals surface area contributed by atoms with Crippen LogP contribution in [0.1, 0.15) is 44.5 Å². The van der Waals surface area contributed by atoms with Crippen LogP contribution >= 0.6 is 0 Å².